The van der Waals surface area contributed by atoms with Gasteiger partial charge >= 0.3 is 5.97 Å². The molecule has 21 heavy (non-hydrogen) atoms. The molecule has 1 aliphatic rings. The van der Waals surface area contributed by atoms with E-state index < -0.39 is 11.4 Å². The molecule has 1 fully saturated rings. The molecular weight excluding hydrogens is 290 g/mol. The summed E-state index contributed by atoms with van der Waals surface area (Å²) in [6.07, 6.45) is 2.15. The summed E-state index contributed by atoms with van der Waals surface area (Å²) < 4.78 is 5.67. The molecule has 0 bridgehead atoms. The van der Waals surface area contributed by atoms with E-state index in [1.807, 2.05) is 19.1 Å². The van der Waals surface area contributed by atoms with Gasteiger partial charge in [-0.2, -0.15) is 0 Å². The van der Waals surface area contributed by atoms with Crippen molar-refractivity contribution in [2.24, 2.45) is 5.41 Å². The van der Waals surface area contributed by atoms with E-state index in [0.717, 1.165) is 38.2 Å². The third-order valence-electron chi connectivity index (χ3n) is 4.43. The number of ether oxygens (including phenoxy) is 1. The lowest BCUT2D eigenvalue weighted by atomic mass is 9.76. The number of piperidine rings is 1. The van der Waals surface area contributed by atoms with Gasteiger partial charge < -0.3 is 9.84 Å². The lowest BCUT2D eigenvalue weighted by Crippen LogP contribution is -2.45. The van der Waals surface area contributed by atoms with Crippen LogP contribution in [-0.2, 0) is 4.79 Å². The Hall–Kier alpha value is -1.26. The summed E-state index contributed by atoms with van der Waals surface area (Å²) in [5, 5.41) is 10.1. The molecule has 5 heteroatoms. The van der Waals surface area contributed by atoms with Gasteiger partial charge in [-0.1, -0.05) is 18.5 Å². The van der Waals surface area contributed by atoms with Crippen LogP contribution in [-0.4, -0.2) is 42.2 Å². The minimum Gasteiger partial charge on any atom is -0.492 e. The first-order chi connectivity index (χ1) is 10.1. The Morgan fingerprint density at radius 1 is 1.33 bits per heavy atom. The summed E-state index contributed by atoms with van der Waals surface area (Å²) in [6, 6.07) is 7.32. The Bertz CT molecular complexity index is 467. The number of hydrogen-bond donors (Lipinski definition) is 1. The standard InChI is InChI=1S/C16H22ClNO3/c1-2-16(15(19)20)7-9-18(10-8-16)11-12-21-14-5-3-13(17)4-6-14/h3-6H,2,7-12H2,1H3,(H,19,20). The van der Waals surface area contributed by atoms with Gasteiger partial charge in [-0.3, -0.25) is 9.69 Å². The molecule has 0 unspecified atom stereocenters. The molecule has 116 valence electrons. The third-order valence-corrected chi connectivity index (χ3v) is 4.69. The molecule has 1 aliphatic heterocycles. The highest BCUT2D eigenvalue weighted by Crippen LogP contribution is 2.34. The Labute approximate surface area is 130 Å². The Kier molecular flexibility index (Phi) is 5.48. The molecule has 1 heterocycles. The van der Waals surface area contributed by atoms with E-state index in [9.17, 15) is 9.90 Å². The quantitative estimate of drug-likeness (QED) is 0.876. The highest BCUT2D eigenvalue weighted by atomic mass is 35.5. The fourth-order valence-corrected chi connectivity index (χ4v) is 2.87. The predicted molar refractivity (Wildman–Crippen MR) is 83.0 cm³/mol. The zero-order chi connectivity index (χ0) is 15.3. The summed E-state index contributed by atoms with van der Waals surface area (Å²) in [4.78, 5) is 13.7. The first kappa shape index (κ1) is 16.1. The van der Waals surface area contributed by atoms with Gasteiger partial charge in [0.15, 0.2) is 0 Å². The van der Waals surface area contributed by atoms with Crippen molar-refractivity contribution in [2.45, 2.75) is 26.2 Å². The monoisotopic (exact) mass is 311 g/mol. The molecule has 2 rings (SSSR count). The van der Waals surface area contributed by atoms with Crippen LogP contribution in [0.2, 0.25) is 5.02 Å². The van der Waals surface area contributed by atoms with Crippen molar-refractivity contribution in [1.29, 1.82) is 0 Å². The van der Waals surface area contributed by atoms with Crippen molar-refractivity contribution in [2.75, 3.05) is 26.2 Å². The second-order valence-corrected chi connectivity index (χ2v) is 6.02. The van der Waals surface area contributed by atoms with Crippen molar-refractivity contribution >= 4 is 17.6 Å². The third kappa shape index (κ3) is 4.11. The maximum absolute atomic E-state index is 11.4. The second kappa shape index (κ2) is 7.14. The van der Waals surface area contributed by atoms with Gasteiger partial charge in [0.1, 0.15) is 12.4 Å². The van der Waals surface area contributed by atoms with Crippen molar-refractivity contribution in [3.63, 3.8) is 0 Å². The molecule has 0 amide bonds. The topological polar surface area (TPSA) is 49.8 Å². The summed E-state index contributed by atoms with van der Waals surface area (Å²) in [7, 11) is 0. The molecule has 0 spiro atoms. The maximum atomic E-state index is 11.4. The number of carbonyl (C=O) groups is 1. The number of carboxylic acids is 1. The number of benzene rings is 1. The largest absolute Gasteiger partial charge is 0.492 e. The number of aliphatic carboxylic acids is 1. The summed E-state index contributed by atoms with van der Waals surface area (Å²) in [5.74, 6) is 0.159. The molecule has 1 N–H and O–H groups in total. The molecular formula is C16H22ClNO3. The van der Waals surface area contributed by atoms with Crippen molar-refractivity contribution in [3.8, 4) is 5.75 Å². The Morgan fingerprint density at radius 3 is 2.48 bits per heavy atom. The van der Waals surface area contributed by atoms with Crippen LogP contribution in [0.3, 0.4) is 0 Å². The molecule has 1 aromatic rings. The van der Waals surface area contributed by atoms with E-state index in [1.165, 1.54) is 0 Å². The van der Waals surface area contributed by atoms with Crippen LogP contribution in [0.15, 0.2) is 24.3 Å². The van der Waals surface area contributed by atoms with Gasteiger partial charge in [0.05, 0.1) is 5.41 Å². The van der Waals surface area contributed by atoms with Crippen molar-refractivity contribution < 1.29 is 14.6 Å². The lowest BCUT2D eigenvalue weighted by Gasteiger charge is -2.38. The average molecular weight is 312 g/mol. The van der Waals surface area contributed by atoms with E-state index in [2.05, 4.69) is 4.90 Å². The molecule has 1 saturated heterocycles. The summed E-state index contributed by atoms with van der Waals surface area (Å²) in [5.41, 5.74) is -0.520. The molecule has 0 atom stereocenters. The van der Waals surface area contributed by atoms with E-state index in [1.54, 1.807) is 12.1 Å². The van der Waals surface area contributed by atoms with Gasteiger partial charge in [-0.05, 0) is 56.6 Å². The van der Waals surface area contributed by atoms with Crippen molar-refractivity contribution in [1.82, 2.24) is 4.90 Å². The second-order valence-electron chi connectivity index (χ2n) is 5.58. The first-order valence-electron chi connectivity index (χ1n) is 7.40. The zero-order valence-electron chi connectivity index (χ0n) is 12.3. The van der Waals surface area contributed by atoms with Gasteiger partial charge in [0.2, 0.25) is 0 Å². The lowest BCUT2D eigenvalue weighted by molar-refractivity contribution is -0.152. The van der Waals surface area contributed by atoms with Crippen LogP contribution in [0, 0.1) is 5.41 Å². The van der Waals surface area contributed by atoms with Crippen LogP contribution >= 0.6 is 11.6 Å². The number of hydrogen-bond acceptors (Lipinski definition) is 3. The fourth-order valence-electron chi connectivity index (χ4n) is 2.75. The van der Waals surface area contributed by atoms with E-state index in [0.29, 0.717) is 18.1 Å². The highest BCUT2D eigenvalue weighted by Gasteiger charge is 2.39. The molecule has 0 aromatic heterocycles. The minimum absolute atomic E-state index is 0.520. The number of halogens is 1. The van der Waals surface area contributed by atoms with E-state index in [-0.39, 0.29) is 0 Å². The average Bonchev–Trinajstić information content (AvgIpc) is 2.50. The minimum atomic E-state index is -0.651. The van der Waals surface area contributed by atoms with E-state index >= 15 is 0 Å². The highest BCUT2D eigenvalue weighted by molar-refractivity contribution is 6.30. The first-order valence-corrected chi connectivity index (χ1v) is 7.78. The SMILES string of the molecule is CCC1(C(=O)O)CCN(CCOc2ccc(Cl)cc2)CC1. The van der Waals surface area contributed by atoms with Crippen LogP contribution < -0.4 is 4.74 Å². The van der Waals surface area contributed by atoms with Gasteiger partial charge in [0.25, 0.3) is 0 Å². The number of likely N-dealkylation sites (tertiary alicyclic amines) is 1. The molecule has 1 aromatic carbocycles. The van der Waals surface area contributed by atoms with Crippen LogP contribution in [0.5, 0.6) is 5.75 Å². The number of carboxylic acid groups (broad SMARTS) is 1. The van der Waals surface area contributed by atoms with Crippen LogP contribution in [0.4, 0.5) is 0 Å². The summed E-state index contributed by atoms with van der Waals surface area (Å²) in [6.45, 7) is 5.04. The molecule has 0 saturated carbocycles. The number of rotatable bonds is 6. The van der Waals surface area contributed by atoms with Crippen molar-refractivity contribution in [3.05, 3.63) is 29.3 Å². The smallest absolute Gasteiger partial charge is 0.309 e. The molecule has 4 nitrogen and oxygen atoms in total. The van der Waals surface area contributed by atoms with Crippen LogP contribution in [0.25, 0.3) is 0 Å². The zero-order valence-corrected chi connectivity index (χ0v) is 13.1. The molecule has 0 radical (unpaired) electrons. The van der Waals surface area contributed by atoms with Crippen LogP contribution in [0.1, 0.15) is 26.2 Å². The number of nitrogens with zero attached hydrogens (tertiary/aromatic N) is 1. The van der Waals surface area contributed by atoms with Gasteiger partial charge in [-0.15, -0.1) is 0 Å². The van der Waals surface area contributed by atoms with E-state index in [4.69, 9.17) is 16.3 Å². The normalized spacial score (nSPS) is 18.4. The fraction of sp³-hybridized carbons (Fsp3) is 0.562. The molecule has 0 aliphatic carbocycles. The maximum Gasteiger partial charge on any atom is 0.309 e. The Morgan fingerprint density at radius 2 is 1.95 bits per heavy atom. The van der Waals surface area contributed by atoms with Gasteiger partial charge in [-0.25, -0.2) is 0 Å². The predicted octanol–water partition coefficient (Wildman–Crippen LogP) is 3.30. The Balaban J connectivity index is 1.74. The van der Waals surface area contributed by atoms with Gasteiger partial charge in [0, 0.05) is 11.6 Å². The summed E-state index contributed by atoms with van der Waals surface area (Å²) >= 11 is 5.82.